The van der Waals surface area contributed by atoms with E-state index in [2.05, 4.69) is 11.4 Å². The van der Waals surface area contributed by atoms with Crippen LogP contribution in [-0.2, 0) is 16.1 Å². The molecule has 0 saturated carbocycles. The number of nitriles is 1. The Kier molecular flexibility index (Phi) is 7.40. The number of carbonyl (C=O) groups is 2. The van der Waals surface area contributed by atoms with Gasteiger partial charge in [-0.2, -0.15) is 5.26 Å². The van der Waals surface area contributed by atoms with Crippen molar-refractivity contribution in [2.75, 3.05) is 25.7 Å². The van der Waals surface area contributed by atoms with E-state index in [1.165, 1.54) is 11.8 Å². The van der Waals surface area contributed by atoms with Gasteiger partial charge in [0.2, 0.25) is 11.8 Å². The van der Waals surface area contributed by atoms with Crippen molar-refractivity contribution in [3.05, 3.63) is 53.6 Å². The topological polar surface area (TPSA) is 91.7 Å². The number of hydrogen-bond donors (Lipinski definition) is 1. The van der Waals surface area contributed by atoms with E-state index in [4.69, 9.17) is 9.47 Å². The molecule has 0 atom stereocenters. The van der Waals surface area contributed by atoms with Crippen molar-refractivity contribution in [1.29, 1.82) is 5.26 Å². The quantitative estimate of drug-likeness (QED) is 0.759. The van der Waals surface area contributed by atoms with Gasteiger partial charge < -0.3 is 19.7 Å². The number of methoxy groups -OCH3 is 2. The first kappa shape index (κ1) is 20.8. The molecular weight excluding hydrogens is 358 g/mol. The van der Waals surface area contributed by atoms with Crippen molar-refractivity contribution in [2.45, 2.75) is 19.9 Å². The number of hydrogen-bond acceptors (Lipinski definition) is 5. The fourth-order valence-corrected chi connectivity index (χ4v) is 2.74. The van der Waals surface area contributed by atoms with E-state index >= 15 is 0 Å². The van der Waals surface area contributed by atoms with E-state index in [0.29, 0.717) is 29.3 Å². The lowest BCUT2D eigenvalue weighted by Crippen LogP contribution is -2.34. The summed E-state index contributed by atoms with van der Waals surface area (Å²) in [5.41, 5.74) is 1.76. The zero-order valence-electron chi connectivity index (χ0n) is 16.2. The average Bonchev–Trinajstić information content (AvgIpc) is 2.72. The molecule has 0 aliphatic heterocycles. The molecule has 0 aromatic heterocycles. The molecule has 2 aromatic carbocycles. The van der Waals surface area contributed by atoms with Crippen molar-refractivity contribution in [3.8, 4) is 17.6 Å². The third-order valence-electron chi connectivity index (χ3n) is 4.20. The highest BCUT2D eigenvalue weighted by Crippen LogP contribution is 2.27. The first-order valence-electron chi connectivity index (χ1n) is 8.75. The van der Waals surface area contributed by atoms with Gasteiger partial charge in [-0.15, -0.1) is 0 Å². The van der Waals surface area contributed by atoms with Crippen molar-refractivity contribution in [1.82, 2.24) is 5.32 Å². The molecule has 0 aliphatic carbocycles. The molecule has 0 fully saturated rings. The maximum Gasteiger partial charge on any atom is 0.223 e. The maximum absolute atomic E-state index is 12.2. The zero-order valence-corrected chi connectivity index (χ0v) is 16.2. The second-order valence-corrected chi connectivity index (χ2v) is 6.02. The Morgan fingerprint density at radius 2 is 1.82 bits per heavy atom. The Morgan fingerprint density at radius 3 is 2.46 bits per heavy atom. The Balaban J connectivity index is 1.97. The summed E-state index contributed by atoms with van der Waals surface area (Å²) in [5.74, 6) is 0.779. The van der Waals surface area contributed by atoms with Crippen LogP contribution in [0, 0.1) is 11.3 Å². The van der Waals surface area contributed by atoms with Gasteiger partial charge in [0.15, 0.2) is 11.5 Å². The summed E-state index contributed by atoms with van der Waals surface area (Å²) in [4.78, 5) is 25.7. The van der Waals surface area contributed by atoms with Gasteiger partial charge in [0, 0.05) is 26.4 Å². The third kappa shape index (κ3) is 5.24. The lowest BCUT2D eigenvalue weighted by molar-refractivity contribution is -0.121. The molecular formula is C21H23N3O4. The van der Waals surface area contributed by atoms with Crippen molar-refractivity contribution in [3.63, 3.8) is 0 Å². The molecule has 28 heavy (non-hydrogen) atoms. The second kappa shape index (κ2) is 9.97. The van der Waals surface area contributed by atoms with E-state index < -0.39 is 0 Å². The molecule has 0 radical (unpaired) electrons. The standard InChI is InChI=1S/C21H23N3O4/c1-15(25)24(18-7-5-4-6-17(18)13-22)11-10-21(26)23-14-16-8-9-19(27-2)20(12-16)28-3/h4-9,12H,10-11,14H2,1-3H3,(H,23,26). The molecule has 0 heterocycles. The largest absolute Gasteiger partial charge is 0.493 e. The Morgan fingerprint density at radius 1 is 1.11 bits per heavy atom. The van der Waals surface area contributed by atoms with Gasteiger partial charge in [0.05, 0.1) is 25.5 Å². The number of carbonyl (C=O) groups excluding carboxylic acids is 2. The minimum absolute atomic E-state index is 0.118. The zero-order chi connectivity index (χ0) is 20.5. The van der Waals surface area contributed by atoms with E-state index in [0.717, 1.165) is 5.56 Å². The highest BCUT2D eigenvalue weighted by atomic mass is 16.5. The monoisotopic (exact) mass is 381 g/mol. The van der Waals surface area contributed by atoms with Crippen LogP contribution in [0.15, 0.2) is 42.5 Å². The number of nitrogens with zero attached hydrogens (tertiary/aromatic N) is 2. The average molecular weight is 381 g/mol. The predicted octanol–water partition coefficient (Wildman–Crippen LogP) is 2.63. The number of benzene rings is 2. The van der Waals surface area contributed by atoms with Crippen LogP contribution >= 0.6 is 0 Å². The number of amides is 2. The third-order valence-corrected chi connectivity index (χ3v) is 4.20. The van der Waals surface area contributed by atoms with Crippen LogP contribution in [0.3, 0.4) is 0 Å². The normalized spacial score (nSPS) is 9.93. The minimum atomic E-state index is -0.226. The van der Waals surface area contributed by atoms with E-state index in [1.807, 2.05) is 6.07 Å². The predicted molar refractivity (Wildman–Crippen MR) is 105 cm³/mol. The van der Waals surface area contributed by atoms with Crippen molar-refractivity contribution >= 4 is 17.5 Å². The first-order valence-corrected chi connectivity index (χ1v) is 8.75. The molecule has 0 bridgehead atoms. The van der Waals surface area contributed by atoms with Gasteiger partial charge in [-0.1, -0.05) is 18.2 Å². The van der Waals surface area contributed by atoms with Gasteiger partial charge in [-0.25, -0.2) is 0 Å². The Bertz CT molecular complexity index is 889. The fraction of sp³-hybridized carbons (Fsp3) is 0.286. The second-order valence-electron chi connectivity index (χ2n) is 6.02. The molecule has 7 heteroatoms. The first-order chi connectivity index (χ1) is 13.5. The molecule has 2 rings (SSSR count). The lowest BCUT2D eigenvalue weighted by Gasteiger charge is -2.22. The number of para-hydroxylation sites is 1. The van der Waals surface area contributed by atoms with Crippen LogP contribution in [-0.4, -0.2) is 32.6 Å². The van der Waals surface area contributed by atoms with Crippen LogP contribution < -0.4 is 19.7 Å². The van der Waals surface area contributed by atoms with Crippen LogP contribution in [0.2, 0.25) is 0 Å². The molecule has 1 N–H and O–H groups in total. The van der Waals surface area contributed by atoms with Crippen LogP contribution in [0.25, 0.3) is 0 Å². The van der Waals surface area contributed by atoms with Crippen LogP contribution in [0.1, 0.15) is 24.5 Å². The van der Waals surface area contributed by atoms with E-state index in [1.54, 1.807) is 50.6 Å². The number of rotatable bonds is 8. The van der Waals surface area contributed by atoms with E-state index in [9.17, 15) is 14.9 Å². The van der Waals surface area contributed by atoms with E-state index in [-0.39, 0.29) is 24.8 Å². The molecule has 0 saturated heterocycles. The van der Waals surface area contributed by atoms with Gasteiger partial charge in [0.25, 0.3) is 0 Å². The molecule has 2 aromatic rings. The molecule has 0 spiro atoms. The number of nitrogens with one attached hydrogen (secondary N) is 1. The highest BCUT2D eigenvalue weighted by Gasteiger charge is 2.16. The molecule has 7 nitrogen and oxygen atoms in total. The van der Waals surface area contributed by atoms with Gasteiger partial charge in [-0.3, -0.25) is 9.59 Å². The lowest BCUT2D eigenvalue weighted by atomic mass is 10.1. The summed E-state index contributed by atoms with van der Waals surface area (Å²) in [6.07, 6.45) is 0.118. The smallest absolute Gasteiger partial charge is 0.223 e. The molecule has 0 unspecified atom stereocenters. The summed E-state index contributed by atoms with van der Waals surface area (Å²) < 4.78 is 10.4. The maximum atomic E-state index is 12.2. The van der Waals surface area contributed by atoms with Crippen LogP contribution in [0.5, 0.6) is 11.5 Å². The summed E-state index contributed by atoms with van der Waals surface area (Å²) in [7, 11) is 3.11. The number of ether oxygens (including phenoxy) is 2. The van der Waals surface area contributed by atoms with Gasteiger partial charge in [0.1, 0.15) is 6.07 Å². The summed E-state index contributed by atoms with van der Waals surface area (Å²) in [6.45, 7) is 1.93. The van der Waals surface area contributed by atoms with Crippen molar-refractivity contribution in [2.24, 2.45) is 0 Å². The minimum Gasteiger partial charge on any atom is -0.493 e. The highest BCUT2D eigenvalue weighted by molar-refractivity contribution is 5.93. The SMILES string of the molecule is COc1ccc(CNC(=O)CCN(C(C)=O)c2ccccc2C#N)cc1OC. The van der Waals surface area contributed by atoms with Gasteiger partial charge in [-0.05, 0) is 29.8 Å². The fourth-order valence-electron chi connectivity index (χ4n) is 2.74. The number of anilines is 1. The van der Waals surface area contributed by atoms with Crippen molar-refractivity contribution < 1.29 is 19.1 Å². The Hall–Kier alpha value is -3.53. The summed E-state index contributed by atoms with van der Waals surface area (Å²) in [5, 5.41) is 12.1. The molecule has 2 amide bonds. The summed E-state index contributed by atoms with van der Waals surface area (Å²) in [6, 6.07) is 14.3. The molecule has 0 aliphatic rings. The van der Waals surface area contributed by atoms with Crippen LogP contribution in [0.4, 0.5) is 5.69 Å². The summed E-state index contributed by atoms with van der Waals surface area (Å²) >= 11 is 0. The van der Waals surface area contributed by atoms with Gasteiger partial charge >= 0.3 is 0 Å². The Labute approximate surface area is 164 Å². The molecule has 146 valence electrons.